The maximum Gasteiger partial charge on any atom is 0.231 e. The monoisotopic (exact) mass is 408 g/mol. The third-order valence-corrected chi connectivity index (χ3v) is 5.70. The molecule has 1 saturated heterocycles. The van der Waals surface area contributed by atoms with Gasteiger partial charge in [-0.25, -0.2) is 9.97 Å². The van der Waals surface area contributed by atoms with Crippen LogP contribution in [0.15, 0.2) is 48.0 Å². The first-order valence-corrected chi connectivity index (χ1v) is 10.6. The molecule has 3 heterocycles. The van der Waals surface area contributed by atoms with Gasteiger partial charge in [-0.1, -0.05) is 18.2 Å². The summed E-state index contributed by atoms with van der Waals surface area (Å²) in [6.45, 7) is 6.43. The van der Waals surface area contributed by atoms with Crippen LogP contribution in [-0.2, 0) is 22.5 Å². The molecule has 1 aliphatic rings. The zero-order chi connectivity index (χ0) is 20.1. The predicted molar refractivity (Wildman–Crippen MR) is 115 cm³/mol. The molecule has 0 aliphatic carbocycles. The van der Waals surface area contributed by atoms with Gasteiger partial charge in [0.25, 0.3) is 0 Å². The summed E-state index contributed by atoms with van der Waals surface area (Å²) >= 11 is 1.57. The molecule has 0 unspecified atom stereocenters. The fourth-order valence-corrected chi connectivity index (χ4v) is 4.11. The topological polar surface area (TPSA) is 67.4 Å². The van der Waals surface area contributed by atoms with Crippen molar-refractivity contribution in [3.63, 3.8) is 0 Å². The largest absolute Gasteiger partial charge is 0.379 e. The molecule has 1 aromatic carbocycles. The molecule has 29 heavy (non-hydrogen) atoms. The van der Waals surface area contributed by atoms with Crippen LogP contribution in [0.5, 0.6) is 0 Å². The SMILES string of the molecule is Cc1ccnc(NC(=O)Cc2csc(-c3cccc(CN4CCOCC4)c3)n2)c1. The van der Waals surface area contributed by atoms with Crippen LogP contribution in [0.3, 0.4) is 0 Å². The Hall–Kier alpha value is -2.61. The summed E-state index contributed by atoms with van der Waals surface area (Å²) in [4.78, 5) is 23.6. The van der Waals surface area contributed by atoms with Gasteiger partial charge in [-0.15, -0.1) is 11.3 Å². The van der Waals surface area contributed by atoms with Gasteiger partial charge in [0.05, 0.1) is 25.3 Å². The Morgan fingerprint density at radius 1 is 1.24 bits per heavy atom. The molecule has 150 valence electrons. The molecule has 0 atom stereocenters. The molecule has 2 aromatic heterocycles. The average molecular weight is 409 g/mol. The van der Waals surface area contributed by atoms with E-state index in [-0.39, 0.29) is 12.3 Å². The molecule has 0 radical (unpaired) electrons. The number of nitrogens with one attached hydrogen (secondary N) is 1. The van der Waals surface area contributed by atoms with E-state index in [0.29, 0.717) is 5.82 Å². The average Bonchev–Trinajstić information content (AvgIpc) is 3.17. The number of hydrogen-bond donors (Lipinski definition) is 1. The minimum absolute atomic E-state index is 0.110. The van der Waals surface area contributed by atoms with Gasteiger partial charge in [0, 0.05) is 36.8 Å². The number of carbonyl (C=O) groups is 1. The molecule has 3 aromatic rings. The van der Waals surface area contributed by atoms with Crippen LogP contribution in [0.25, 0.3) is 10.6 Å². The van der Waals surface area contributed by atoms with Crippen molar-refractivity contribution in [3.8, 4) is 10.6 Å². The van der Waals surface area contributed by atoms with Gasteiger partial charge in [0.2, 0.25) is 5.91 Å². The lowest BCUT2D eigenvalue weighted by molar-refractivity contribution is -0.115. The van der Waals surface area contributed by atoms with E-state index in [1.807, 2.05) is 24.4 Å². The number of carbonyl (C=O) groups excluding carboxylic acids is 1. The van der Waals surface area contributed by atoms with Crippen LogP contribution in [0.4, 0.5) is 5.82 Å². The number of nitrogens with zero attached hydrogens (tertiary/aromatic N) is 3. The highest BCUT2D eigenvalue weighted by atomic mass is 32.1. The number of thiazole rings is 1. The highest BCUT2D eigenvalue weighted by Gasteiger charge is 2.13. The number of rotatable bonds is 6. The van der Waals surface area contributed by atoms with Crippen molar-refractivity contribution in [2.45, 2.75) is 19.9 Å². The molecule has 1 N–H and O–H groups in total. The number of benzene rings is 1. The summed E-state index contributed by atoms with van der Waals surface area (Å²) in [6.07, 6.45) is 1.93. The Labute approximate surface area is 174 Å². The third-order valence-electron chi connectivity index (χ3n) is 4.76. The zero-order valence-corrected chi connectivity index (χ0v) is 17.2. The van der Waals surface area contributed by atoms with Gasteiger partial charge in [0.1, 0.15) is 10.8 Å². The van der Waals surface area contributed by atoms with E-state index >= 15 is 0 Å². The maximum absolute atomic E-state index is 12.3. The standard InChI is InChI=1S/C22H24N4O2S/c1-16-5-6-23-20(11-16)25-21(27)13-19-15-29-22(24-19)18-4-2-3-17(12-18)14-26-7-9-28-10-8-26/h2-6,11-12,15H,7-10,13-14H2,1H3,(H,23,25,27). The van der Waals surface area contributed by atoms with E-state index in [4.69, 9.17) is 4.74 Å². The number of ether oxygens (including phenoxy) is 1. The first kappa shape index (κ1) is 19.7. The number of aromatic nitrogens is 2. The molecular formula is C22H24N4O2S. The van der Waals surface area contributed by atoms with Gasteiger partial charge in [-0.05, 0) is 36.2 Å². The number of morpholine rings is 1. The van der Waals surface area contributed by atoms with Crippen molar-refractivity contribution < 1.29 is 9.53 Å². The Balaban J connectivity index is 1.39. The van der Waals surface area contributed by atoms with Crippen LogP contribution < -0.4 is 5.32 Å². The smallest absolute Gasteiger partial charge is 0.231 e. The van der Waals surface area contributed by atoms with Crippen LogP contribution >= 0.6 is 11.3 Å². The second kappa shape index (κ2) is 9.26. The highest BCUT2D eigenvalue weighted by Crippen LogP contribution is 2.25. The second-order valence-corrected chi connectivity index (χ2v) is 8.03. The third kappa shape index (κ3) is 5.47. The summed E-state index contributed by atoms with van der Waals surface area (Å²) in [5.74, 6) is 0.460. The van der Waals surface area contributed by atoms with Crippen LogP contribution in [0.1, 0.15) is 16.8 Å². The van der Waals surface area contributed by atoms with E-state index in [2.05, 4.69) is 44.5 Å². The quantitative estimate of drug-likeness (QED) is 0.676. The molecule has 1 aliphatic heterocycles. The van der Waals surface area contributed by atoms with Crippen molar-refractivity contribution in [1.82, 2.24) is 14.9 Å². The van der Waals surface area contributed by atoms with E-state index in [9.17, 15) is 4.79 Å². The lowest BCUT2D eigenvalue weighted by Crippen LogP contribution is -2.35. The van der Waals surface area contributed by atoms with Crippen molar-refractivity contribution in [2.24, 2.45) is 0 Å². The lowest BCUT2D eigenvalue weighted by Gasteiger charge is -2.26. The zero-order valence-electron chi connectivity index (χ0n) is 16.4. The van der Waals surface area contributed by atoms with Gasteiger partial charge >= 0.3 is 0 Å². The van der Waals surface area contributed by atoms with Crippen molar-refractivity contribution >= 4 is 23.1 Å². The fraction of sp³-hybridized carbons (Fsp3) is 0.318. The molecular weight excluding hydrogens is 384 g/mol. The Kier molecular flexibility index (Phi) is 6.29. The Morgan fingerprint density at radius 2 is 2.10 bits per heavy atom. The van der Waals surface area contributed by atoms with Gasteiger partial charge < -0.3 is 10.1 Å². The van der Waals surface area contributed by atoms with Crippen molar-refractivity contribution in [3.05, 3.63) is 64.8 Å². The van der Waals surface area contributed by atoms with E-state index < -0.39 is 0 Å². The highest BCUT2D eigenvalue weighted by molar-refractivity contribution is 7.13. The molecule has 4 rings (SSSR count). The lowest BCUT2D eigenvalue weighted by atomic mass is 10.1. The minimum atomic E-state index is -0.110. The molecule has 1 fully saturated rings. The minimum Gasteiger partial charge on any atom is -0.379 e. The summed E-state index contributed by atoms with van der Waals surface area (Å²) in [7, 11) is 0. The molecule has 0 bridgehead atoms. The summed E-state index contributed by atoms with van der Waals surface area (Å²) < 4.78 is 5.42. The second-order valence-electron chi connectivity index (χ2n) is 7.18. The molecule has 6 nitrogen and oxygen atoms in total. The summed E-state index contributed by atoms with van der Waals surface area (Å²) in [5.41, 5.74) is 4.19. The summed E-state index contributed by atoms with van der Waals surface area (Å²) in [6, 6.07) is 12.2. The molecule has 1 amide bonds. The van der Waals surface area contributed by atoms with Crippen LogP contribution in [0.2, 0.25) is 0 Å². The predicted octanol–water partition coefficient (Wildman–Crippen LogP) is 3.53. The van der Waals surface area contributed by atoms with Crippen molar-refractivity contribution in [1.29, 1.82) is 0 Å². The first-order valence-electron chi connectivity index (χ1n) is 9.72. The molecule has 0 saturated carbocycles. The first-order chi connectivity index (χ1) is 14.2. The van der Waals surface area contributed by atoms with E-state index in [1.165, 1.54) is 5.56 Å². The summed E-state index contributed by atoms with van der Waals surface area (Å²) in [5, 5.41) is 5.72. The molecule has 0 spiro atoms. The number of pyridine rings is 1. The molecule has 7 heteroatoms. The van der Waals surface area contributed by atoms with Gasteiger partial charge in [0.15, 0.2) is 0 Å². The Bertz CT molecular complexity index is 982. The van der Waals surface area contributed by atoms with E-state index in [0.717, 1.165) is 54.7 Å². The number of aryl methyl sites for hydroxylation is 1. The number of hydrogen-bond acceptors (Lipinski definition) is 6. The number of amides is 1. The number of anilines is 1. The Morgan fingerprint density at radius 3 is 2.93 bits per heavy atom. The van der Waals surface area contributed by atoms with Gasteiger partial charge in [-0.3, -0.25) is 9.69 Å². The maximum atomic E-state index is 12.3. The fourth-order valence-electron chi connectivity index (χ4n) is 3.30. The van der Waals surface area contributed by atoms with Crippen molar-refractivity contribution in [2.75, 3.05) is 31.6 Å². The van der Waals surface area contributed by atoms with Gasteiger partial charge in [-0.2, -0.15) is 0 Å². The van der Waals surface area contributed by atoms with Crippen LogP contribution in [-0.4, -0.2) is 47.1 Å². The van der Waals surface area contributed by atoms with Crippen LogP contribution in [0, 0.1) is 6.92 Å². The van der Waals surface area contributed by atoms with E-state index in [1.54, 1.807) is 17.5 Å². The normalized spacial score (nSPS) is 14.7.